The molecule has 7 heteroatoms. The number of hydrogen-bond acceptors (Lipinski definition) is 6. The van der Waals surface area contributed by atoms with Crippen molar-refractivity contribution in [1.29, 1.82) is 0 Å². The van der Waals surface area contributed by atoms with Crippen LogP contribution in [0.25, 0.3) is 10.9 Å². The van der Waals surface area contributed by atoms with Crippen LogP contribution in [-0.4, -0.2) is 39.3 Å². The summed E-state index contributed by atoms with van der Waals surface area (Å²) in [4.78, 5) is 16.5. The highest BCUT2D eigenvalue weighted by molar-refractivity contribution is 7.90. The Labute approximate surface area is 141 Å². The Morgan fingerprint density at radius 1 is 1.21 bits per heavy atom. The molecule has 0 saturated heterocycles. The maximum atomic E-state index is 12.4. The molecule has 0 aliphatic heterocycles. The summed E-state index contributed by atoms with van der Waals surface area (Å²) in [5.74, 6) is -0.00639. The molecule has 0 fully saturated rings. The van der Waals surface area contributed by atoms with Gasteiger partial charge in [-0.05, 0) is 30.7 Å². The molecule has 0 spiro atoms. The molecule has 130 valence electrons. The summed E-state index contributed by atoms with van der Waals surface area (Å²) in [5.41, 5.74) is 0.579. The molecule has 2 rings (SSSR count). The first-order valence-electron chi connectivity index (χ1n) is 7.72. The molecule has 1 heterocycles. The van der Waals surface area contributed by atoms with Gasteiger partial charge in [-0.25, -0.2) is 18.2 Å². The number of nitrogens with zero attached hydrogens (tertiary/aromatic N) is 1. The number of hydrogen-bond donors (Lipinski definition) is 0. The van der Waals surface area contributed by atoms with Crippen LogP contribution >= 0.6 is 0 Å². The summed E-state index contributed by atoms with van der Waals surface area (Å²) in [5, 5.41) is 0.350. The number of carbonyl (C=O) groups is 1. The van der Waals surface area contributed by atoms with Gasteiger partial charge in [-0.1, -0.05) is 19.8 Å². The Balaban J connectivity index is 2.49. The van der Waals surface area contributed by atoms with Gasteiger partial charge < -0.3 is 9.47 Å². The molecular formula is C17H21NO5S. The number of unbranched alkanes of at least 4 members (excludes halogenated alkanes) is 2. The minimum atomic E-state index is -3.55. The Morgan fingerprint density at radius 3 is 2.58 bits per heavy atom. The van der Waals surface area contributed by atoms with E-state index in [1.165, 1.54) is 13.2 Å². The van der Waals surface area contributed by atoms with Crippen LogP contribution in [0.4, 0.5) is 0 Å². The summed E-state index contributed by atoms with van der Waals surface area (Å²) in [7, 11) is -2.03. The number of methoxy groups -OCH3 is 1. The summed E-state index contributed by atoms with van der Waals surface area (Å²) in [6.07, 6.45) is 3.81. The van der Waals surface area contributed by atoms with Gasteiger partial charge in [-0.15, -0.1) is 0 Å². The van der Waals surface area contributed by atoms with E-state index in [-0.39, 0.29) is 10.6 Å². The fourth-order valence-electron chi connectivity index (χ4n) is 2.26. The van der Waals surface area contributed by atoms with Gasteiger partial charge in [-0.2, -0.15) is 0 Å². The number of pyridine rings is 1. The molecule has 0 amide bonds. The second kappa shape index (κ2) is 7.61. The zero-order valence-corrected chi connectivity index (χ0v) is 14.9. The van der Waals surface area contributed by atoms with Crippen molar-refractivity contribution < 1.29 is 22.7 Å². The van der Waals surface area contributed by atoms with Crippen LogP contribution in [0.3, 0.4) is 0 Å². The number of fused-ring (bicyclic) bond motifs is 1. The molecule has 0 N–H and O–H groups in total. The Morgan fingerprint density at radius 2 is 1.96 bits per heavy atom. The second-order valence-corrected chi connectivity index (χ2v) is 7.47. The van der Waals surface area contributed by atoms with Crippen molar-refractivity contribution in [3.8, 4) is 5.75 Å². The molecule has 0 radical (unpaired) electrons. The van der Waals surface area contributed by atoms with Crippen molar-refractivity contribution in [2.75, 3.05) is 20.0 Å². The van der Waals surface area contributed by atoms with Crippen molar-refractivity contribution in [2.45, 2.75) is 31.2 Å². The van der Waals surface area contributed by atoms with Crippen molar-refractivity contribution in [1.82, 2.24) is 4.98 Å². The topological polar surface area (TPSA) is 82.6 Å². The molecule has 0 bridgehead atoms. The molecule has 0 aliphatic rings. The minimum Gasteiger partial charge on any atom is -0.497 e. The van der Waals surface area contributed by atoms with E-state index in [4.69, 9.17) is 9.47 Å². The van der Waals surface area contributed by atoms with Gasteiger partial charge >= 0.3 is 5.97 Å². The molecule has 0 saturated carbocycles. The number of ether oxygens (including phenoxy) is 2. The summed E-state index contributed by atoms with van der Waals surface area (Å²) in [6.45, 7) is 2.36. The van der Waals surface area contributed by atoms with Crippen LogP contribution in [0.15, 0.2) is 29.3 Å². The largest absolute Gasteiger partial charge is 0.497 e. The monoisotopic (exact) mass is 351 g/mol. The first-order valence-corrected chi connectivity index (χ1v) is 9.62. The lowest BCUT2D eigenvalue weighted by molar-refractivity contribution is 0.0500. The predicted octanol–water partition coefficient (Wildman–Crippen LogP) is 2.99. The van der Waals surface area contributed by atoms with E-state index in [1.807, 2.05) is 0 Å². The quantitative estimate of drug-likeness (QED) is 0.563. The zero-order valence-electron chi connectivity index (χ0n) is 14.0. The van der Waals surface area contributed by atoms with E-state index in [1.54, 1.807) is 18.2 Å². The van der Waals surface area contributed by atoms with Crippen LogP contribution in [-0.2, 0) is 14.6 Å². The maximum Gasteiger partial charge on any atom is 0.338 e. The van der Waals surface area contributed by atoms with Crippen molar-refractivity contribution >= 4 is 26.7 Å². The average molecular weight is 351 g/mol. The van der Waals surface area contributed by atoms with Crippen molar-refractivity contribution in [2.24, 2.45) is 0 Å². The van der Waals surface area contributed by atoms with E-state index < -0.39 is 15.8 Å². The van der Waals surface area contributed by atoms with Gasteiger partial charge in [-0.3, -0.25) is 0 Å². The molecule has 0 atom stereocenters. The van der Waals surface area contributed by atoms with E-state index in [0.717, 1.165) is 25.5 Å². The number of rotatable bonds is 7. The molecule has 1 aromatic carbocycles. The SMILES string of the molecule is CCCCCOC(=O)c1cc(S(C)(=O)=O)nc2ccc(OC)cc12. The van der Waals surface area contributed by atoms with Crippen LogP contribution in [0, 0.1) is 0 Å². The number of aromatic nitrogens is 1. The molecule has 24 heavy (non-hydrogen) atoms. The average Bonchev–Trinajstić information content (AvgIpc) is 2.56. The zero-order chi connectivity index (χ0) is 17.7. The second-order valence-electron chi connectivity index (χ2n) is 5.51. The van der Waals surface area contributed by atoms with Crippen molar-refractivity contribution in [3.63, 3.8) is 0 Å². The van der Waals surface area contributed by atoms with Gasteiger partial charge in [0.1, 0.15) is 5.75 Å². The molecule has 0 unspecified atom stereocenters. The van der Waals surface area contributed by atoms with Gasteiger partial charge in [0.25, 0.3) is 0 Å². The van der Waals surface area contributed by atoms with Crippen LogP contribution in [0.2, 0.25) is 0 Å². The summed E-state index contributed by atoms with van der Waals surface area (Å²) in [6, 6.07) is 6.20. The van der Waals surface area contributed by atoms with Gasteiger partial charge in [0.05, 0.1) is 24.8 Å². The Hall–Kier alpha value is -2.15. The third-order valence-corrected chi connectivity index (χ3v) is 4.54. The molecule has 0 aliphatic carbocycles. The number of esters is 1. The third kappa shape index (κ3) is 4.23. The maximum absolute atomic E-state index is 12.4. The lowest BCUT2D eigenvalue weighted by atomic mass is 10.1. The first kappa shape index (κ1) is 18.2. The molecule has 2 aromatic rings. The first-order chi connectivity index (χ1) is 11.4. The fraction of sp³-hybridized carbons (Fsp3) is 0.412. The lowest BCUT2D eigenvalue weighted by Gasteiger charge is -2.10. The van der Waals surface area contributed by atoms with E-state index in [2.05, 4.69) is 11.9 Å². The van der Waals surface area contributed by atoms with Crippen LogP contribution in [0.1, 0.15) is 36.5 Å². The number of benzene rings is 1. The van der Waals surface area contributed by atoms with Gasteiger partial charge in [0.15, 0.2) is 14.9 Å². The smallest absolute Gasteiger partial charge is 0.338 e. The Kier molecular flexibility index (Phi) is 5.77. The molecular weight excluding hydrogens is 330 g/mol. The van der Waals surface area contributed by atoms with E-state index in [9.17, 15) is 13.2 Å². The highest BCUT2D eigenvalue weighted by atomic mass is 32.2. The van der Waals surface area contributed by atoms with Crippen LogP contribution in [0.5, 0.6) is 5.75 Å². The highest BCUT2D eigenvalue weighted by Crippen LogP contribution is 2.26. The van der Waals surface area contributed by atoms with Gasteiger partial charge in [0.2, 0.25) is 0 Å². The minimum absolute atomic E-state index is 0.152. The van der Waals surface area contributed by atoms with Crippen molar-refractivity contribution in [3.05, 3.63) is 29.8 Å². The predicted molar refractivity (Wildman–Crippen MR) is 91.2 cm³/mol. The standard InChI is InChI=1S/C17H21NO5S/c1-4-5-6-9-23-17(19)14-11-16(24(3,20)21)18-15-8-7-12(22-2)10-13(14)15/h7-8,10-11H,4-6,9H2,1-3H3. The van der Waals surface area contributed by atoms with E-state index in [0.29, 0.717) is 23.3 Å². The number of sulfone groups is 1. The van der Waals surface area contributed by atoms with Gasteiger partial charge in [0, 0.05) is 11.6 Å². The summed E-state index contributed by atoms with van der Waals surface area (Å²) >= 11 is 0. The lowest BCUT2D eigenvalue weighted by Crippen LogP contribution is -2.10. The summed E-state index contributed by atoms with van der Waals surface area (Å²) < 4.78 is 34.1. The van der Waals surface area contributed by atoms with E-state index >= 15 is 0 Å². The Bertz CT molecular complexity index is 845. The normalized spacial score (nSPS) is 11.5. The fourth-order valence-corrected chi connectivity index (χ4v) is 2.86. The third-order valence-electron chi connectivity index (χ3n) is 3.57. The molecule has 6 nitrogen and oxygen atoms in total. The number of carbonyl (C=O) groups excluding carboxylic acids is 1. The highest BCUT2D eigenvalue weighted by Gasteiger charge is 2.19. The molecule has 1 aromatic heterocycles. The van der Waals surface area contributed by atoms with Crippen LogP contribution < -0.4 is 4.74 Å².